The molecule has 2 rings (SSSR count). The van der Waals surface area contributed by atoms with Crippen molar-refractivity contribution in [3.63, 3.8) is 0 Å². The average molecular weight is 279 g/mol. The van der Waals surface area contributed by atoms with Crippen LogP contribution in [-0.4, -0.2) is 26.9 Å². The molecule has 6 heteroatoms. The van der Waals surface area contributed by atoms with E-state index in [9.17, 15) is 4.79 Å². The zero-order valence-electron chi connectivity index (χ0n) is 10.8. The van der Waals surface area contributed by atoms with Gasteiger partial charge in [-0.1, -0.05) is 23.7 Å². The minimum absolute atomic E-state index is 0.119. The molecule has 0 aliphatic rings. The van der Waals surface area contributed by atoms with Gasteiger partial charge < -0.3 is 5.32 Å². The van der Waals surface area contributed by atoms with Crippen LogP contribution in [0.15, 0.2) is 30.5 Å². The number of rotatable bonds is 4. The molecule has 0 radical (unpaired) electrons. The monoisotopic (exact) mass is 278 g/mol. The van der Waals surface area contributed by atoms with Crippen LogP contribution in [0.3, 0.4) is 0 Å². The minimum atomic E-state index is -0.213. The first-order valence-corrected chi connectivity index (χ1v) is 6.47. The smallest absolute Gasteiger partial charge is 0.273 e. The molecule has 1 aromatic heterocycles. The summed E-state index contributed by atoms with van der Waals surface area (Å²) in [5, 5.41) is 11.3. The van der Waals surface area contributed by atoms with E-state index in [4.69, 9.17) is 11.6 Å². The van der Waals surface area contributed by atoms with Crippen LogP contribution in [0.5, 0.6) is 0 Å². The van der Waals surface area contributed by atoms with Crippen molar-refractivity contribution in [2.24, 2.45) is 0 Å². The molecule has 100 valence electrons. The second-order valence-corrected chi connectivity index (χ2v) is 4.74. The maximum absolute atomic E-state index is 11.9. The van der Waals surface area contributed by atoms with Crippen molar-refractivity contribution in [1.82, 2.24) is 20.3 Å². The van der Waals surface area contributed by atoms with Crippen molar-refractivity contribution in [3.8, 4) is 5.69 Å². The summed E-state index contributed by atoms with van der Waals surface area (Å²) in [5.74, 6) is -0.213. The van der Waals surface area contributed by atoms with Gasteiger partial charge in [-0.05, 0) is 37.6 Å². The Balaban J connectivity index is 2.15. The van der Waals surface area contributed by atoms with Crippen molar-refractivity contribution in [2.45, 2.75) is 26.3 Å². The maximum atomic E-state index is 11.9. The average Bonchev–Trinajstić information content (AvgIpc) is 2.89. The van der Waals surface area contributed by atoms with Crippen LogP contribution < -0.4 is 5.32 Å². The molecule has 1 N–H and O–H groups in total. The molecule has 0 saturated carbocycles. The fourth-order valence-electron chi connectivity index (χ4n) is 1.49. The van der Waals surface area contributed by atoms with Gasteiger partial charge in [0.25, 0.3) is 5.91 Å². The van der Waals surface area contributed by atoms with Crippen LogP contribution in [0.2, 0.25) is 5.02 Å². The van der Waals surface area contributed by atoms with Crippen molar-refractivity contribution < 1.29 is 4.79 Å². The largest absolute Gasteiger partial charge is 0.348 e. The van der Waals surface area contributed by atoms with E-state index in [1.165, 1.54) is 0 Å². The number of carbonyl (C=O) groups is 1. The Kier molecular flexibility index (Phi) is 4.16. The van der Waals surface area contributed by atoms with Gasteiger partial charge in [-0.15, -0.1) is 5.10 Å². The normalized spacial score (nSPS) is 12.2. The van der Waals surface area contributed by atoms with Gasteiger partial charge in [-0.3, -0.25) is 4.79 Å². The highest BCUT2D eigenvalue weighted by atomic mass is 35.5. The van der Waals surface area contributed by atoms with E-state index >= 15 is 0 Å². The summed E-state index contributed by atoms with van der Waals surface area (Å²) < 4.78 is 1.54. The first-order valence-electron chi connectivity index (χ1n) is 6.09. The van der Waals surface area contributed by atoms with Crippen molar-refractivity contribution in [3.05, 3.63) is 41.2 Å². The fourth-order valence-corrected chi connectivity index (χ4v) is 1.61. The summed E-state index contributed by atoms with van der Waals surface area (Å²) in [4.78, 5) is 11.9. The van der Waals surface area contributed by atoms with E-state index in [1.807, 2.05) is 26.0 Å². The molecule has 5 nitrogen and oxygen atoms in total. The molecule has 2 aromatic rings. The van der Waals surface area contributed by atoms with E-state index in [0.717, 1.165) is 12.1 Å². The maximum Gasteiger partial charge on any atom is 0.273 e. The van der Waals surface area contributed by atoms with E-state index in [1.54, 1.807) is 23.0 Å². The third-order valence-electron chi connectivity index (χ3n) is 2.81. The third kappa shape index (κ3) is 3.32. The molecular weight excluding hydrogens is 264 g/mol. The molecule has 1 atom stereocenters. The number of nitrogens with zero attached hydrogens (tertiary/aromatic N) is 3. The molecule has 1 aromatic carbocycles. The van der Waals surface area contributed by atoms with Crippen LogP contribution in [0, 0.1) is 0 Å². The molecule has 0 aliphatic heterocycles. The molecule has 0 aliphatic carbocycles. The lowest BCUT2D eigenvalue weighted by Gasteiger charge is -2.08. The number of carbonyl (C=O) groups excluding carboxylic acids is 1. The van der Waals surface area contributed by atoms with Gasteiger partial charge in [0, 0.05) is 11.1 Å². The van der Waals surface area contributed by atoms with Crippen LogP contribution in [0.1, 0.15) is 30.8 Å². The van der Waals surface area contributed by atoms with Gasteiger partial charge in [0.15, 0.2) is 5.69 Å². The minimum Gasteiger partial charge on any atom is -0.348 e. The lowest BCUT2D eigenvalue weighted by atomic mass is 10.2. The van der Waals surface area contributed by atoms with Crippen LogP contribution in [-0.2, 0) is 0 Å². The quantitative estimate of drug-likeness (QED) is 0.934. The Labute approximate surface area is 116 Å². The van der Waals surface area contributed by atoms with E-state index < -0.39 is 0 Å². The fraction of sp³-hybridized carbons (Fsp3) is 0.308. The van der Waals surface area contributed by atoms with Gasteiger partial charge in [0.2, 0.25) is 0 Å². The molecular formula is C13H15ClN4O. The van der Waals surface area contributed by atoms with Crippen LogP contribution in [0.25, 0.3) is 5.69 Å². The molecule has 1 amide bonds. The predicted molar refractivity (Wildman–Crippen MR) is 73.6 cm³/mol. The number of nitrogens with one attached hydrogen (secondary N) is 1. The summed E-state index contributed by atoms with van der Waals surface area (Å²) in [6.07, 6.45) is 2.47. The second-order valence-electron chi connectivity index (χ2n) is 4.31. The van der Waals surface area contributed by atoms with E-state index in [0.29, 0.717) is 10.7 Å². The SMILES string of the molecule is CC[C@@H](C)NC(=O)c1cn(-c2ccc(Cl)cc2)nn1. The van der Waals surface area contributed by atoms with Gasteiger partial charge in [0.1, 0.15) is 0 Å². The highest BCUT2D eigenvalue weighted by Crippen LogP contribution is 2.12. The molecule has 0 unspecified atom stereocenters. The Morgan fingerprint density at radius 1 is 1.42 bits per heavy atom. The number of aromatic nitrogens is 3. The highest BCUT2D eigenvalue weighted by molar-refractivity contribution is 6.30. The summed E-state index contributed by atoms with van der Waals surface area (Å²) in [5.41, 5.74) is 1.11. The van der Waals surface area contributed by atoms with Crippen LogP contribution in [0.4, 0.5) is 0 Å². The number of hydrogen-bond donors (Lipinski definition) is 1. The Morgan fingerprint density at radius 2 is 2.11 bits per heavy atom. The molecule has 19 heavy (non-hydrogen) atoms. The predicted octanol–water partition coefficient (Wildman–Crippen LogP) is 2.45. The zero-order valence-corrected chi connectivity index (χ0v) is 11.6. The van der Waals surface area contributed by atoms with Crippen LogP contribution >= 0.6 is 11.6 Å². The first-order chi connectivity index (χ1) is 9.10. The van der Waals surface area contributed by atoms with Crippen molar-refractivity contribution in [2.75, 3.05) is 0 Å². The Morgan fingerprint density at radius 3 is 2.74 bits per heavy atom. The lowest BCUT2D eigenvalue weighted by Crippen LogP contribution is -2.32. The van der Waals surface area contributed by atoms with Gasteiger partial charge in [-0.2, -0.15) is 0 Å². The molecule has 0 fully saturated rings. The summed E-state index contributed by atoms with van der Waals surface area (Å²) in [7, 11) is 0. The Hall–Kier alpha value is -1.88. The van der Waals surface area contributed by atoms with E-state index in [-0.39, 0.29) is 11.9 Å². The summed E-state index contributed by atoms with van der Waals surface area (Å²) >= 11 is 5.82. The number of amides is 1. The second kappa shape index (κ2) is 5.84. The summed E-state index contributed by atoms with van der Waals surface area (Å²) in [6.45, 7) is 3.96. The molecule has 1 heterocycles. The molecule has 0 saturated heterocycles. The number of hydrogen-bond acceptors (Lipinski definition) is 3. The molecule has 0 spiro atoms. The molecule has 0 bridgehead atoms. The zero-order chi connectivity index (χ0) is 13.8. The standard InChI is InChI=1S/C13H15ClN4O/c1-3-9(2)15-13(19)12-8-18(17-16-12)11-6-4-10(14)5-7-11/h4-9H,3H2,1-2H3,(H,15,19)/t9-/m1/s1. The number of halogens is 1. The topological polar surface area (TPSA) is 59.8 Å². The number of benzene rings is 1. The highest BCUT2D eigenvalue weighted by Gasteiger charge is 2.13. The third-order valence-corrected chi connectivity index (χ3v) is 3.06. The first kappa shape index (κ1) is 13.5. The van der Waals surface area contributed by atoms with Gasteiger partial charge in [-0.25, -0.2) is 4.68 Å². The van der Waals surface area contributed by atoms with E-state index in [2.05, 4.69) is 15.6 Å². The lowest BCUT2D eigenvalue weighted by molar-refractivity contribution is 0.0934. The summed E-state index contributed by atoms with van der Waals surface area (Å²) in [6, 6.07) is 7.27. The van der Waals surface area contributed by atoms with Crippen molar-refractivity contribution >= 4 is 17.5 Å². The van der Waals surface area contributed by atoms with Crippen molar-refractivity contribution in [1.29, 1.82) is 0 Å². The Bertz CT molecular complexity index is 564. The van der Waals surface area contributed by atoms with Gasteiger partial charge >= 0.3 is 0 Å². The van der Waals surface area contributed by atoms with Gasteiger partial charge in [0.05, 0.1) is 11.9 Å².